The molecule has 30 heavy (non-hydrogen) atoms. The number of hydrogen-bond acceptors (Lipinski definition) is 4. The lowest BCUT2D eigenvalue weighted by atomic mass is 10.1. The van der Waals surface area contributed by atoms with Gasteiger partial charge in [-0.3, -0.25) is 14.4 Å². The molecule has 0 spiro atoms. The zero-order valence-electron chi connectivity index (χ0n) is 16.6. The quantitative estimate of drug-likeness (QED) is 0.585. The molecular formula is C23H21N3O4. The molecule has 0 heterocycles. The molecule has 0 saturated heterocycles. The summed E-state index contributed by atoms with van der Waals surface area (Å²) in [7, 11) is 1.56. The van der Waals surface area contributed by atoms with Crippen LogP contribution in [0.25, 0.3) is 0 Å². The highest BCUT2D eigenvalue weighted by molar-refractivity contribution is 6.06. The molecule has 0 radical (unpaired) electrons. The van der Waals surface area contributed by atoms with Crippen LogP contribution in [0.5, 0.6) is 11.5 Å². The van der Waals surface area contributed by atoms with Gasteiger partial charge in [-0.25, -0.2) is 0 Å². The number of amides is 3. The summed E-state index contributed by atoms with van der Waals surface area (Å²) in [6.45, 7) is 1.78. The first kappa shape index (κ1) is 20.6. The van der Waals surface area contributed by atoms with Gasteiger partial charge in [0.2, 0.25) is 5.91 Å². The van der Waals surface area contributed by atoms with Gasteiger partial charge in [-0.1, -0.05) is 6.07 Å². The molecule has 7 heteroatoms. The highest BCUT2D eigenvalue weighted by atomic mass is 16.5. The van der Waals surface area contributed by atoms with Crippen molar-refractivity contribution in [2.75, 3.05) is 12.4 Å². The molecule has 0 bridgehead atoms. The second-order valence-corrected chi connectivity index (χ2v) is 6.53. The molecule has 7 nitrogen and oxygen atoms in total. The lowest BCUT2D eigenvalue weighted by Gasteiger charge is -2.12. The highest BCUT2D eigenvalue weighted by Crippen LogP contribution is 2.23. The first-order valence-electron chi connectivity index (χ1n) is 9.20. The molecule has 0 atom stereocenters. The molecule has 3 aromatic rings. The minimum Gasteiger partial charge on any atom is -0.457 e. The van der Waals surface area contributed by atoms with Crippen molar-refractivity contribution >= 4 is 23.4 Å². The van der Waals surface area contributed by atoms with Crippen LogP contribution in [0.15, 0.2) is 66.7 Å². The smallest absolute Gasteiger partial charge is 0.255 e. The minimum absolute atomic E-state index is 0.214. The van der Waals surface area contributed by atoms with Crippen molar-refractivity contribution in [2.24, 2.45) is 5.73 Å². The first-order valence-corrected chi connectivity index (χ1v) is 9.20. The van der Waals surface area contributed by atoms with Gasteiger partial charge in [0, 0.05) is 29.4 Å². The lowest BCUT2D eigenvalue weighted by Crippen LogP contribution is -2.20. The highest BCUT2D eigenvalue weighted by Gasteiger charge is 2.13. The number of hydrogen-bond donors (Lipinski definition) is 3. The number of anilines is 1. The third-order valence-corrected chi connectivity index (χ3v) is 4.54. The molecule has 0 aliphatic heterocycles. The number of rotatable bonds is 6. The summed E-state index contributed by atoms with van der Waals surface area (Å²) in [6.07, 6.45) is 0. The Labute approximate surface area is 173 Å². The molecule has 0 aliphatic rings. The van der Waals surface area contributed by atoms with Gasteiger partial charge in [0.25, 0.3) is 11.8 Å². The Kier molecular flexibility index (Phi) is 6.12. The van der Waals surface area contributed by atoms with Crippen LogP contribution in [-0.4, -0.2) is 24.8 Å². The Bertz CT molecular complexity index is 1090. The van der Waals surface area contributed by atoms with Crippen molar-refractivity contribution in [1.29, 1.82) is 0 Å². The first-order chi connectivity index (χ1) is 14.4. The van der Waals surface area contributed by atoms with Gasteiger partial charge in [-0.05, 0) is 73.2 Å². The monoisotopic (exact) mass is 403 g/mol. The second-order valence-electron chi connectivity index (χ2n) is 6.53. The minimum atomic E-state index is -0.506. The van der Waals surface area contributed by atoms with E-state index in [4.69, 9.17) is 10.5 Å². The molecule has 0 fully saturated rings. The van der Waals surface area contributed by atoms with E-state index >= 15 is 0 Å². The standard InChI is InChI=1S/C23H21N3O4/c1-14-19(23(29)25-2)4-3-5-20(14)26-22(28)16-8-12-18(13-9-16)30-17-10-6-15(7-11-17)21(24)27/h3-13H,1-2H3,(H2,24,27)(H,25,29)(H,26,28). The van der Waals surface area contributed by atoms with Gasteiger partial charge < -0.3 is 21.1 Å². The average molecular weight is 403 g/mol. The topological polar surface area (TPSA) is 111 Å². The lowest BCUT2D eigenvalue weighted by molar-refractivity contribution is 0.0959. The summed E-state index contributed by atoms with van der Waals surface area (Å²) in [4.78, 5) is 35.6. The predicted octanol–water partition coefficient (Wildman–Crippen LogP) is 3.50. The largest absolute Gasteiger partial charge is 0.457 e. The van der Waals surface area contributed by atoms with Crippen LogP contribution in [0.3, 0.4) is 0 Å². The van der Waals surface area contributed by atoms with Crippen LogP contribution < -0.4 is 21.1 Å². The average Bonchev–Trinajstić information content (AvgIpc) is 2.75. The van der Waals surface area contributed by atoms with Gasteiger partial charge in [0.1, 0.15) is 11.5 Å². The summed E-state index contributed by atoms with van der Waals surface area (Å²) in [5.41, 5.74) is 7.80. The number of benzene rings is 3. The molecule has 3 amide bonds. The van der Waals surface area contributed by atoms with E-state index in [-0.39, 0.29) is 11.8 Å². The molecule has 3 aromatic carbocycles. The van der Waals surface area contributed by atoms with Crippen LogP contribution in [-0.2, 0) is 0 Å². The SMILES string of the molecule is CNC(=O)c1cccc(NC(=O)c2ccc(Oc3ccc(C(N)=O)cc3)cc2)c1C. The summed E-state index contributed by atoms with van der Waals surface area (Å²) in [5, 5.41) is 5.41. The van der Waals surface area contributed by atoms with E-state index in [0.29, 0.717) is 39.4 Å². The van der Waals surface area contributed by atoms with Crippen LogP contribution in [0.1, 0.15) is 36.6 Å². The molecule has 4 N–H and O–H groups in total. The molecular weight excluding hydrogens is 382 g/mol. The van der Waals surface area contributed by atoms with E-state index in [1.165, 1.54) is 0 Å². The van der Waals surface area contributed by atoms with E-state index in [9.17, 15) is 14.4 Å². The van der Waals surface area contributed by atoms with Gasteiger partial charge in [-0.15, -0.1) is 0 Å². The fraction of sp³-hybridized carbons (Fsp3) is 0.0870. The van der Waals surface area contributed by atoms with Crippen molar-refractivity contribution in [3.63, 3.8) is 0 Å². The molecule has 3 rings (SSSR count). The number of ether oxygens (including phenoxy) is 1. The van der Waals surface area contributed by atoms with E-state index in [2.05, 4.69) is 10.6 Å². The van der Waals surface area contributed by atoms with Gasteiger partial charge in [-0.2, -0.15) is 0 Å². The zero-order chi connectivity index (χ0) is 21.7. The predicted molar refractivity (Wildman–Crippen MR) is 114 cm³/mol. The van der Waals surface area contributed by atoms with E-state index in [0.717, 1.165) is 0 Å². The Morgan fingerprint density at radius 1 is 0.800 bits per heavy atom. The number of carbonyl (C=O) groups is 3. The van der Waals surface area contributed by atoms with E-state index < -0.39 is 5.91 Å². The van der Waals surface area contributed by atoms with E-state index in [1.54, 1.807) is 80.7 Å². The van der Waals surface area contributed by atoms with Crippen molar-refractivity contribution in [1.82, 2.24) is 5.32 Å². The van der Waals surface area contributed by atoms with Crippen LogP contribution in [0.4, 0.5) is 5.69 Å². The maximum Gasteiger partial charge on any atom is 0.255 e. The molecule has 0 aromatic heterocycles. The summed E-state index contributed by atoms with van der Waals surface area (Å²) in [5.74, 6) is 0.0569. The molecule has 152 valence electrons. The Morgan fingerprint density at radius 2 is 1.37 bits per heavy atom. The fourth-order valence-corrected chi connectivity index (χ4v) is 2.84. The fourth-order valence-electron chi connectivity index (χ4n) is 2.84. The summed E-state index contributed by atoms with van der Waals surface area (Å²) < 4.78 is 5.71. The molecule has 0 aliphatic carbocycles. The van der Waals surface area contributed by atoms with Gasteiger partial charge in [0.05, 0.1) is 0 Å². The zero-order valence-corrected chi connectivity index (χ0v) is 16.6. The molecule has 0 saturated carbocycles. The van der Waals surface area contributed by atoms with Crippen molar-refractivity contribution in [3.8, 4) is 11.5 Å². The normalized spacial score (nSPS) is 10.2. The number of primary amides is 1. The molecule has 0 unspecified atom stereocenters. The van der Waals surface area contributed by atoms with Crippen molar-refractivity contribution in [3.05, 3.63) is 89.0 Å². The van der Waals surface area contributed by atoms with Gasteiger partial charge >= 0.3 is 0 Å². The maximum absolute atomic E-state index is 12.6. The van der Waals surface area contributed by atoms with E-state index in [1.807, 2.05) is 0 Å². The third-order valence-electron chi connectivity index (χ3n) is 4.54. The maximum atomic E-state index is 12.6. The Morgan fingerprint density at radius 3 is 1.90 bits per heavy atom. The number of carbonyl (C=O) groups excluding carboxylic acids is 3. The van der Waals surface area contributed by atoms with Gasteiger partial charge in [0.15, 0.2) is 0 Å². The Balaban J connectivity index is 1.70. The van der Waals surface area contributed by atoms with Crippen LogP contribution in [0.2, 0.25) is 0 Å². The van der Waals surface area contributed by atoms with Crippen molar-refractivity contribution in [2.45, 2.75) is 6.92 Å². The van der Waals surface area contributed by atoms with Crippen molar-refractivity contribution < 1.29 is 19.1 Å². The summed E-state index contributed by atoms with van der Waals surface area (Å²) in [6, 6.07) is 18.2. The summed E-state index contributed by atoms with van der Waals surface area (Å²) >= 11 is 0. The number of nitrogens with two attached hydrogens (primary N) is 1. The van der Waals surface area contributed by atoms with Crippen LogP contribution >= 0.6 is 0 Å². The van der Waals surface area contributed by atoms with Crippen LogP contribution in [0, 0.1) is 6.92 Å². The Hall–Kier alpha value is -4.13. The third kappa shape index (κ3) is 4.64. The number of nitrogens with one attached hydrogen (secondary N) is 2. The second kappa shape index (κ2) is 8.91.